The van der Waals surface area contributed by atoms with E-state index in [1.54, 1.807) is 20.8 Å². The van der Waals surface area contributed by atoms with E-state index in [1.165, 1.54) is 13.8 Å². The molecule has 11 heteroatoms. The first-order valence-electron chi connectivity index (χ1n) is 9.35. The minimum absolute atomic E-state index is 0.0130. The van der Waals surface area contributed by atoms with Crippen LogP contribution in [0.1, 0.15) is 41.0 Å². The second kappa shape index (κ2) is 11.8. The van der Waals surface area contributed by atoms with E-state index in [-0.39, 0.29) is 32.4 Å². The predicted octanol–water partition coefficient (Wildman–Crippen LogP) is 1.63. The molecule has 0 aromatic carbocycles. The van der Waals surface area contributed by atoms with E-state index in [0.29, 0.717) is 0 Å². The van der Waals surface area contributed by atoms with Gasteiger partial charge in [0.15, 0.2) is 18.5 Å². The highest BCUT2D eigenvalue weighted by Gasteiger charge is 2.50. The molecule has 0 spiro atoms. The fraction of sp³-hybridized carbons (Fsp3) is 0.882. The van der Waals surface area contributed by atoms with Gasteiger partial charge in [-0.25, -0.2) is 0 Å². The number of carbonyl (C=O) groups is 2. The molecule has 1 unspecified atom stereocenters. The van der Waals surface area contributed by atoms with Crippen molar-refractivity contribution < 1.29 is 47.3 Å². The molecular weight excluding hydrogens is 395 g/mol. The van der Waals surface area contributed by atoms with Crippen LogP contribution >= 0.6 is 7.60 Å². The van der Waals surface area contributed by atoms with Crippen LogP contribution in [0.5, 0.6) is 0 Å². The van der Waals surface area contributed by atoms with E-state index in [1.807, 2.05) is 0 Å². The zero-order chi connectivity index (χ0) is 21.3. The van der Waals surface area contributed by atoms with Gasteiger partial charge in [-0.05, 0) is 27.2 Å². The monoisotopic (exact) mass is 426 g/mol. The smallest absolute Gasteiger partial charge is 0.330 e. The van der Waals surface area contributed by atoms with Crippen molar-refractivity contribution in [2.45, 2.75) is 71.7 Å². The number of hydrogen-bond donors (Lipinski definition) is 1. The third kappa shape index (κ3) is 7.42. The molecule has 0 aromatic heterocycles. The molecule has 1 saturated heterocycles. The zero-order valence-corrected chi connectivity index (χ0v) is 17.9. The molecule has 1 rings (SSSR count). The fourth-order valence-corrected chi connectivity index (χ4v) is 4.70. The van der Waals surface area contributed by atoms with E-state index in [9.17, 15) is 19.3 Å². The third-order valence-corrected chi connectivity index (χ3v) is 6.02. The molecule has 0 saturated carbocycles. The summed E-state index contributed by atoms with van der Waals surface area (Å²) in [5, 5.41) is 10.3. The molecule has 1 N–H and O–H groups in total. The molecule has 1 heterocycles. The van der Waals surface area contributed by atoms with E-state index >= 15 is 0 Å². The third-order valence-electron chi connectivity index (χ3n) is 3.91. The summed E-state index contributed by atoms with van der Waals surface area (Å²) in [6.07, 6.45) is -5.40. The van der Waals surface area contributed by atoms with Gasteiger partial charge in [-0.15, -0.1) is 0 Å². The maximum absolute atomic E-state index is 12.7. The Kier molecular flexibility index (Phi) is 10.6. The molecule has 0 radical (unpaired) electrons. The average Bonchev–Trinajstić information content (AvgIpc) is 2.59. The highest BCUT2D eigenvalue weighted by molar-refractivity contribution is 7.53. The number of carbonyl (C=O) groups excluding carboxylic acids is 2. The lowest BCUT2D eigenvalue weighted by Gasteiger charge is -2.43. The van der Waals surface area contributed by atoms with Crippen molar-refractivity contribution in [1.82, 2.24) is 0 Å². The van der Waals surface area contributed by atoms with Gasteiger partial charge in [0.2, 0.25) is 0 Å². The van der Waals surface area contributed by atoms with Crippen molar-refractivity contribution >= 4 is 19.5 Å². The van der Waals surface area contributed by atoms with Crippen molar-refractivity contribution in [3.8, 4) is 0 Å². The van der Waals surface area contributed by atoms with Crippen LogP contribution in [0.2, 0.25) is 0 Å². The van der Waals surface area contributed by atoms with Crippen molar-refractivity contribution in [1.29, 1.82) is 0 Å². The molecule has 28 heavy (non-hydrogen) atoms. The first kappa shape index (κ1) is 25.0. The Hall–Kier alpha value is -1.03. The summed E-state index contributed by atoms with van der Waals surface area (Å²) in [4.78, 5) is 23.0. The van der Waals surface area contributed by atoms with Gasteiger partial charge in [-0.2, -0.15) is 0 Å². The molecular formula is C17H31O10P. The minimum atomic E-state index is -3.37. The average molecular weight is 426 g/mol. The van der Waals surface area contributed by atoms with Crippen LogP contribution in [0, 0.1) is 0 Å². The van der Waals surface area contributed by atoms with Crippen molar-refractivity contribution in [2.75, 3.05) is 26.0 Å². The topological polar surface area (TPSA) is 127 Å². The quantitative estimate of drug-likeness (QED) is 0.385. The molecule has 164 valence electrons. The van der Waals surface area contributed by atoms with Crippen LogP contribution in [0.4, 0.5) is 0 Å². The second-order valence-corrected chi connectivity index (χ2v) is 8.28. The summed E-state index contributed by atoms with van der Waals surface area (Å²) in [6.45, 7) is 8.14. The summed E-state index contributed by atoms with van der Waals surface area (Å²) < 4.78 is 44.8. The number of hydrogen-bond acceptors (Lipinski definition) is 10. The number of aliphatic hydroxyl groups excluding tert-OH is 1. The van der Waals surface area contributed by atoms with Crippen LogP contribution < -0.4 is 0 Å². The normalized spacial score (nSPS) is 28.0. The molecule has 5 atom stereocenters. The summed E-state index contributed by atoms with van der Waals surface area (Å²) in [5.74, 6) is -1.24. The Bertz CT molecular complexity index is 544. The Balaban J connectivity index is 3.05. The highest BCUT2D eigenvalue weighted by Crippen LogP contribution is 2.49. The summed E-state index contributed by atoms with van der Waals surface area (Å²) in [6, 6.07) is 0. The number of rotatable bonds is 11. The number of aliphatic hydroxyl groups is 1. The molecule has 0 aliphatic carbocycles. The van der Waals surface area contributed by atoms with E-state index in [4.69, 9.17) is 28.0 Å². The van der Waals surface area contributed by atoms with Gasteiger partial charge >= 0.3 is 19.5 Å². The van der Waals surface area contributed by atoms with Crippen LogP contribution in [0.3, 0.4) is 0 Å². The fourth-order valence-electron chi connectivity index (χ4n) is 3.01. The number of ether oxygens (including phenoxy) is 4. The Morgan fingerprint density at radius 1 is 0.929 bits per heavy atom. The van der Waals surface area contributed by atoms with E-state index in [0.717, 1.165) is 0 Å². The molecule has 1 fully saturated rings. The standard InChI is InChI=1S/C17H31O10P/c1-6-22-15-14(25-11(4)18)13(27-17(20)16(15)26-12(5)19)9-10-28(21,23-7-2)24-8-3/h13-17,20H,6-10H2,1-5H3/t13-,14-,15+,16+,17?/m1/s1. The molecule has 0 aromatic rings. The van der Waals surface area contributed by atoms with E-state index < -0.39 is 50.2 Å². The molecule has 1 aliphatic rings. The van der Waals surface area contributed by atoms with Crippen molar-refractivity contribution in [3.63, 3.8) is 0 Å². The second-order valence-electron chi connectivity index (χ2n) is 6.09. The van der Waals surface area contributed by atoms with Crippen LogP contribution in [0.15, 0.2) is 0 Å². The summed E-state index contributed by atoms with van der Waals surface area (Å²) in [5.41, 5.74) is 0. The Labute approximate surface area is 165 Å². The SMILES string of the molecule is CCO[C@H]1[C@H](OC(C)=O)[C@@H](CCP(=O)(OCC)OCC)OC(O)[C@H]1OC(C)=O. The maximum atomic E-state index is 12.7. The number of esters is 2. The molecule has 1 aliphatic heterocycles. The molecule has 10 nitrogen and oxygen atoms in total. The van der Waals surface area contributed by atoms with Gasteiger partial charge in [0.1, 0.15) is 12.2 Å². The lowest BCUT2D eigenvalue weighted by atomic mass is 9.96. The van der Waals surface area contributed by atoms with Crippen molar-refractivity contribution in [2.24, 2.45) is 0 Å². The summed E-state index contributed by atoms with van der Waals surface area (Å²) in [7, 11) is -3.37. The van der Waals surface area contributed by atoms with Gasteiger partial charge in [0.25, 0.3) is 0 Å². The summed E-state index contributed by atoms with van der Waals surface area (Å²) >= 11 is 0. The van der Waals surface area contributed by atoms with Gasteiger partial charge in [-0.3, -0.25) is 14.2 Å². The highest BCUT2D eigenvalue weighted by atomic mass is 31.2. The first-order valence-corrected chi connectivity index (χ1v) is 11.1. The van der Waals surface area contributed by atoms with Gasteiger partial charge in [0.05, 0.1) is 19.4 Å². The van der Waals surface area contributed by atoms with Crippen LogP contribution in [-0.4, -0.2) is 73.7 Å². The first-order chi connectivity index (χ1) is 13.2. The largest absolute Gasteiger partial charge is 0.457 e. The zero-order valence-electron chi connectivity index (χ0n) is 17.0. The van der Waals surface area contributed by atoms with Gasteiger partial charge < -0.3 is 33.1 Å². The van der Waals surface area contributed by atoms with Gasteiger partial charge in [0, 0.05) is 20.5 Å². The van der Waals surface area contributed by atoms with Gasteiger partial charge in [-0.1, -0.05) is 0 Å². The lowest BCUT2D eigenvalue weighted by molar-refractivity contribution is -0.295. The van der Waals surface area contributed by atoms with Crippen LogP contribution in [-0.2, 0) is 42.1 Å². The minimum Gasteiger partial charge on any atom is -0.457 e. The maximum Gasteiger partial charge on any atom is 0.330 e. The van der Waals surface area contributed by atoms with E-state index in [2.05, 4.69) is 0 Å². The molecule has 0 amide bonds. The Morgan fingerprint density at radius 3 is 1.93 bits per heavy atom. The lowest BCUT2D eigenvalue weighted by Crippen LogP contribution is -2.61. The predicted molar refractivity (Wildman–Crippen MR) is 97.7 cm³/mol. The van der Waals surface area contributed by atoms with Crippen molar-refractivity contribution in [3.05, 3.63) is 0 Å². The van der Waals surface area contributed by atoms with Crippen LogP contribution in [0.25, 0.3) is 0 Å². The Morgan fingerprint density at radius 2 is 1.46 bits per heavy atom. The molecule has 0 bridgehead atoms.